The normalized spacial score (nSPS) is 26.6. The van der Waals surface area contributed by atoms with Gasteiger partial charge in [-0.05, 0) is 74.2 Å². The van der Waals surface area contributed by atoms with Gasteiger partial charge in [-0.3, -0.25) is 4.79 Å². The van der Waals surface area contributed by atoms with Gasteiger partial charge in [-0.25, -0.2) is 0 Å². The summed E-state index contributed by atoms with van der Waals surface area (Å²) in [6, 6.07) is 19.1. The molecule has 0 aromatic heterocycles. The van der Waals surface area contributed by atoms with E-state index in [9.17, 15) is 4.79 Å². The van der Waals surface area contributed by atoms with Crippen molar-refractivity contribution in [2.75, 3.05) is 20.7 Å². The van der Waals surface area contributed by atoms with E-state index in [1.54, 1.807) is 7.11 Å². The zero-order valence-electron chi connectivity index (χ0n) is 22.0. The van der Waals surface area contributed by atoms with Crippen LogP contribution >= 0.6 is 0 Å². The second kappa shape index (κ2) is 12.1. The summed E-state index contributed by atoms with van der Waals surface area (Å²) in [6.45, 7) is 3.66. The minimum atomic E-state index is -0.0370. The summed E-state index contributed by atoms with van der Waals surface area (Å²) >= 11 is 0. The highest BCUT2D eigenvalue weighted by Crippen LogP contribution is 2.39. The van der Waals surface area contributed by atoms with Crippen molar-refractivity contribution in [1.29, 1.82) is 0 Å². The Morgan fingerprint density at radius 2 is 1.69 bits per heavy atom. The zero-order chi connectivity index (χ0) is 24.7. The van der Waals surface area contributed by atoms with E-state index in [0.717, 1.165) is 50.3 Å². The standard InChI is InChI=1S/C31H44N2O2/c1-24-27(22-25-10-7-11-25)12-8-19-31(32-2,28-13-5-4-6-14-28)20-9-21-33(30(24)34)23-26-15-17-29(35-3)18-16-26/h4-6,13-18,24-25,27,32H,7-12,19-23H2,1-3H3/t24?,27?,31-/m1/s1. The highest BCUT2D eigenvalue weighted by atomic mass is 16.5. The molecular weight excluding hydrogens is 432 g/mol. The molecule has 4 rings (SSSR count). The number of hydrogen-bond acceptors (Lipinski definition) is 3. The molecule has 190 valence electrons. The SMILES string of the molecule is CN[C@]1(c2ccccc2)CCCC(CC2CCC2)C(C)C(=O)N(Cc2ccc(OC)cc2)CCC1. The molecule has 2 aliphatic rings. The number of nitrogens with zero attached hydrogens (tertiary/aromatic N) is 1. The predicted octanol–water partition coefficient (Wildman–Crippen LogP) is 6.55. The van der Waals surface area contributed by atoms with Gasteiger partial charge in [-0.15, -0.1) is 0 Å². The van der Waals surface area contributed by atoms with Gasteiger partial charge in [0.2, 0.25) is 5.91 Å². The summed E-state index contributed by atoms with van der Waals surface area (Å²) in [7, 11) is 3.80. The van der Waals surface area contributed by atoms with Crippen molar-refractivity contribution in [3.8, 4) is 5.75 Å². The third-order valence-corrected chi connectivity index (χ3v) is 8.82. The number of ether oxygens (including phenoxy) is 1. The van der Waals surface area contributed by atoms with Gasteiger partial charge in [0.1, 0.15) is 5.75 Å². The Hall–Kier alpha value is -2.33. The first kappa shape index (κ1) is 25.8. The lowest BCUT2D eigenvalue weighted by Gasteiger charge is -2.36. The van der Waals surface area contributed by atoms with Crippen LogP contribution in [0.1, 0.15) is 75.8 Å². The molecule has 2 unspecified atom stereocenters. The molecule has 0 radical (unpaired) electrons. The van der Waals surface area contributed by atoms with Crippen LogP contribution in [0.15, 0.2) is 54.6 Å². The molecule has 0 bridgehead atoms. The van der Waals surface area contributed by atoms with Crippen molar-refractivity contribution in [1.82, 2.24) is 10.2 Å². The Kier molecular flexibility index (Phi) is 8.89. The highest BCUT2D eigenvalue weighted by molar-refractivity contribution is 5.78. The van der Waals surface area contributed by atoms with E-state index in [4.69, 9.17) is 4.74 Å². The van der Waals surface area contributed by atoms with E-state index in [1.807, 2.05) is 12.1 Å². The van der Waals surface area contributed by atoms with E-state index in [0.29, 0.717) is 18.4 Å². The van der Waals surface area contributed by atoms with Crippen LogP contribution in [-0.4, -0.2) is 31.5 Å². The second-order valence-electron chi connectivity index (χ2n) is 10.9. The van der Waals surface area contributed by atoms with E-state index in [1.165, 1.54) is 36.8 Å². The molecule has 2 aromatic carbocycles. The Morgan fingerprint density at radius 3 is 2.31 bits per heavy atom. The maximum Gasteiger partial charge on any atom is 0.225 e. The highest BCUT2D eigenvalue weighted by Gasteiger charge is 2.35. The fourth-order valence-corrected chi connectivity index (χ4v) is 6.24. The second-order valence-corrected chi connectivity index (χ2v) is 10.9. The van der Waals surface area contributed by atoms with Crippen molar-refractivity contribution in [2.24, 2.45) is 17.8 Å². The molecule has 0 spiro atoms. The third kappa shape index (κ3) is 6.27. The number of amides is 1. The number of carbonyl (C=O) groups excluding carboxylic acids is 1. The number of nitrogens with one attached hydrogen (secondary N) is 1. The van der Waals surface area contributed by atoms with Gasteiger partial charge in [0.05, 0.1) is 7.11 Å². The van der Waals surface area contributed by atoms with Crippen molar-refractivity contribution < 1.29 is 9.53 Å². The van der Waals surface area contributed by atoms with Crippen molar-refractivity contribution in [3.05, 3.63) is 65.7 Å². The molecular formula is C31H44N2O2. The maximum absolute atomic E-state index is 13.9. The fourth-order valence-electron chi connectivity index (χ4n) is 6.24. The van der Waals surface area contributed by atoms with Crippen LogP contribution in [0.4, 0.5) is 0 Å². The lowest BCUT2D eigenvalue weighted by atomic mass is 9.73. The van der Waals surface area contributed by atoms with Crippen molar-refractivity contribution in [2.45, 2.75) is 76.8 Å². The topological polar surface area (TPSA) is 41.6 Å². The molecule has 35 heavy (non-hydrogen) atoms. The summed E-state index contributed by atoms with van der Waals surface area (Å²) in [5.74, 6) is 2.55. The van der Waals surface area contributed by atoms with Crippen LogP contribution in [0.3, 0.4) is 0 Å². The fraction of sp³-hybridized carbons (Fsp3) is 0.581. The van der Waals surface area contributed by atoms with E-state index in [2.05, 4.69) is 66.7 Å². The van der Waals surface area contributed by atoms with Gasteiger partial charge in [0.25, 0.3) is 0 Å². The van der Waals surface area contributed by atoms with Crippen LogP contribution in [-0.2, 0) is 16.9 Å². The molecule has 4 nitrogen and oxygen atoms in total. The molecule has 1 aliphatic carbocycles. The number of benzene rings is 2. The Morgan fingerprint density at radius 1 is 0.971 bits per heavy atom. The number of hydrogen-bond donors (Lipinski definition) is 1. The molecule has 3 atom stereocenters. The first-order chi connectivity index (χ1) is 17.0. The van der Waals surface area contributed by atoms with E-state index >= 15 is 0 Å². The van der Waals surface area contributed by atoms with Gasteiger partial charge in [-0.1, -0.05) is 75.1 Å². The molecule has 1 heterocycles. The molecule has 1 aliphatic heterocycles. The summed E-state index contributed by atoms with van der Waals surface area (Å²) in [5.41, 5.74) is 2.50. The molecule has 1 saturated heterocycles. The van der Waals surface area contributed by atoms with Gasteiger partial charge < -0.3 is 15.0 Å². The Bertz CT molecular complexity index is 925. The number of methoxy groups -OCH3 is 1. The van der Waals surface area contributed by atoms with E-state index < -0.39 is 0 Å². The van der Waals surface area contributed by atoms with E-state index in [-0.39, 0.29) is 11.5 Å². The first-order valence-corrected chi connectivity index (χ1v) is 13.7. The average Bonchev–Trinajstić information content (AvgIpc) is 2.89. The summed E-state index contributed by atoms with van der Waals surface area (Å²) in [6.07, 6.45) is 10.7. The lowest BCUT2D eigenvalue weighted by Crippen LogP contribution is -2.41. The summed E-state index contributed by atoms with van der Waals surface area (Å²) in [4.78, 5) is 16.0. The molecule has 1 amide bonds. The van der Waals surface area contributed by atoms with Crippen LogP contribution in [0.5, 0.6) is 5.75 Å². The average molecular weight is 477 g/mol. The van der Waals surface area contributed by atoms with Gasteiger partial charge >= 0.3 is 0 Å². The molecule has 1 N–H and O–H groups in total. The third-order valence-electron chi connectivity index (χ3n) is 8.82. The minimum absolute atomic E-state index is 0.0370. The van der Waals surface area contributed by atoms with Crippen LogP contribution in [0, 0.1) is 17.8 Å². The van der Waals surface area contributed by atoms with Gasteiger partial charge in [-0.2, -0.15) is 0 Å². The maximum atomic E-state index is 13.9. The predicted molar refractivity (Wildman–Crippen MR) is 143 cm³/mol. The molecule has 1 saturated carbocycles. The van der Waals surface area contributed by atoms with Crippen molar-refractivity contribution in [3.63, 3.8) is 0 Å². The van der Waals surface area contributed by atoms with Crippen LogP contribution < -0.4 is 10.1 Å². The van der Waals surface area contributed by atoms with Crippen LogP contribution in [0.2, 0.25) is 0 Å². The molecule has 2 aromatic rings. The largest absolute Gasteiger partial charge is 0.497 e. The van der Waals surface area contributed by atoms with Gasteiger partial charge in [0.15, 0.2) is 0 Å². The molecule has 4 heteroatoms. The smallest absolute Gasteiger partial charge is 0.225 e. The zero-order valence-corrected chi connectivity index (χ0v) is 22.0. The quantitative estimate of drug-likeness (QED) is 0.493. The minimum Gasteiger partial charge on any atom is -0.497 e. The monoisotopic (exact) mass is 476 g/mol. The first-order valence-electron chi connectivity index (χ1n) is 13.7. The Labute approximate surface area is 212 Å². The van der Waals surface area contributed by atoms with Crippen molar-refractivity contribution >= 4 is 5.91 Å². The number of carbonyl (C=O) groups is 1. The Balaban J connectivity index is 1.59. The summed E-state index contributed by atoms with van der Waals surface area (Å²) < 4.78 is 5.34. The lowest BCUT2D eigenvalue weighted by molar-refractivity contribution is -0.138. The number of rotatable bonds is 7. The molecule has 2 fully saturated rings. The van der Waals surface area contributed by atoms with Crippen LogP contribution in [0.25, 0.3) is 0 Å². The summed E-state index contributed by atoms with van der Waals surface area (Å²) in [5, 5.41) is 3.73. The van der Waals surface area contributed by atoms with Gasteiger partial charge in [0, 0.05) is 24.5 Å².